The third kappa shape index (κ3) is 4.51. The van der Waals surface area contributed by atoms with E-state index in [1.807, 2.05) is 31.2 Å². The molecule has 3 heteroatoms. The van der Waals surface area contributed by atoms with Crippen LogP contribution >= 0.6 is 22.6 Å². The third-order valence-corrected chi connectivity index (χ3v) is 3.03. The first-order valence-corrected chi connectivity index (χ1v) is 6.63. The normalized spacial score (nSPS) is 12.6. The minimum Gasteiger partial charge on any atom is -0.350 e. The van der Waals surface area contributed by atoms with E-state index in [0.717, 1.165) is 15.6 Å². The second-order valence-corrected chi connectivity index (χ2v) is 5.76. The first kappa shape index (κ1) is 13.5. The van der Waals surface area contributed by atoms with E-state index in [1.54, 1.807) is 0 Å². The Balaban J connectivity index is 2.55. The minimum atomic E-state index is 0.0181. The van der Waals surface area contributed by atoms with Gasteiger partial charge in [0.1, 0.15) is 0 Å². The molecule has 88 valence electrons. The molecule has 0 bridgehead atoms. The van der Waals surface area contributed by atoms with Crippen molar-refractivity contribution in [1.82, 2.24) is 5.32 Å². The predicted octanol–water partition coefficient (Wildman–Crippen LogP) is 3.46. The van der Waals surface area contributed by atoms with Gasteiger partial charge in [-0.1, -0.05) is 13.8 Å². The maximum Gasteiger partial charge on any atom is 0.251 e. The molecule has 0 aliphatic heterocycles. The number of hydrogen-bond donors (Lipinski definition) is 1. The van der Waals surface area contributed by atoms with Crippen molar-refractivity contribution in [2.24, 2.45) is 5.92 Å². The van der Waals surface area contributed by atoms with Crippen molar-refractivity contribution >= 4 is 28.5 Å². The van der Waals surface area contributed by atoms with Gasteiger partial charge in [-0.25, -0.2) is 0 Å². The van der Waals surface area contributed by atoms with Gasteiger partial charge in [0.15, 0.2) is 0 Å². The zero-order chi connectivity index (χ0) is 12.1. The van der Waals surface area contributed by atoms with Gasteiger partial charge >= 0.3 is 0 Å². The van der Waals surface area contributed by atoms with Crippen LogP contribution < -0.4 is 5.32 Å². The molecule has 0 aliphatic carbocycles. The number of carbonyl (C=O) groups excluding carboxylic acids is 1. The van der Waals surface area contributed by atoms with Gasteiger partial charge in [-0.15, -0.1) is 0 Å². The van der Waals surface area contributed by atoms with Gasteiger partial charge in [0.05, 0.1) is 0 Å². The molecule has 0 aliphatic rings. The lowest BCUT2D eigenvalue weighted by Gasteiger charge is -2.15. The molecule has 1 atom stereocenters. The molecule has 0 radical (unpaired) electrons. The number of amides is 1. The average molecular weight is 331 g/mol. The summed E-state index contributed by atoms with van der Waals surface area (Å²) in [5.74, 6) is 0.622. The second kappa shape index (κ2) is 6.23. The SMILES string of the molecule is CC(C)CC(C)NC(=O)c1ccc(I)cc1. The van der Waals surface area contributed by atoms with Crippen molar-refractivity contribution in [3.63, 3.8) is 0 Å². The summed E-state index contributed by atoms with van der Waals surface area (Å²) >= 11 is 2.23. The van der Waals surface area contributed by atoms with Gasteiger partial charge in [0, 0.05) is 15.2 Å². The van der Waals surface area contributed by atoms with E-state index < -0.39 is 0 Å². The third-order valence-electron chi connectivity index (χ3n) is 2.31. The largest absolute Gasteiger partial charge is 0.350 e. The molecule has 16 heavy (non-hydrogen) atoms. The summed E-state index contributed by atoms with van der Waals surface area (Å²) in [5.41, 5.74) is 0.732. The molecule has 1 unspecified atom stereocenters. The predicted molar refractivity (Wildman–Crippen MR) is 75.5 cm³/mol. The number of nitrogens with one attached hydrogen (secondary N) is 1. The Labute approximate surface area is 111 Å². The summed E-state index contributed by atoms with van der Waals surface area (Å²) in [7, 11) is 0. The van der Waals surface area contributed by atoms with Crippen LogP contribution in [0.25, 0.3) is 0 Å². The highest BCUT2D eigenvalue weighted by molar-refractivity contribution is 14.1. The van der Waals surface area contributed by atoms with Crippen LogP contribution in [0.3, 0.4) is 0 Å². The zero-order valence-corrected chi connectivity index (χ0v) is 12.1. The molecule has 0 fully saturated rings. The standard InChI is InChI=1S/C13H18INO/c1-9(2)8-10(3)15-13(16)11-4-6-12(14)7-5-11/h4-7,9-10H,8H2,1-3H3,(H,15,16). The summed E-state index contributed by atoms with van der Waals surface area (Å²) < 4.78 is 1.14. The summed E-state index contributed by atoms with van der Waals surface area (Å²) in [6.45, 7) is 6.37. The van der Waals surface area contributed by atoms with E-state index in [1.165, 1.54) is 0 Å². The molecular weight excluding hydrogens is 313 g/mol. The fourth-order valence-corrected chi connectivity index (χ4v) is 2.03. The Morgan fingerprint density at radius 1 is 1.25 bits per heavy atom. The number of halogens is 1. The number of rotatable bonds is 4. The Morgan fingerprint density at radius 2 is 1.81 bits per heavy atom. The Morgan fingerprint density at radius 3 is 2.31 bits per heavy atom. The summed E-state index contributed by atoms with van der Waals surface area (Å²) in [6, 6.07) is 7.84. The Hall–Kier alpha value is -0.580. The molecule has 1 rings (SSSR count). The molecule has 1 aromatic carbocycles. The highest BCUT2D eigenvalue weighted by Gasteiger charge is 2.10. The number of hydrogen-bond acceptors (Lipinski definition) is 1. The van der Waals surface area contributed by atoms with Crippen LogP contribution in [0, 0.1) is 9.49 Å². The Kier molecular flexibility index (Phi) is 5.25. The molecule has 0 heterocycles. The highest BCUT2D eigenvalue weighted by atomic mass is 127. The van der Waals surface area contributed by atoms with Crippen molar-refractivity contribution < 1.29 is 4.79 Å². The molecular formula is C13H18INO. The van der Waals surface area contributed by atoms with Gasteiger partial charge in [0.25, 0.3) is 5.91 Å². The Bertz CT molecular complexity index is 345. The maximum atomic E-state index is 11.8. The zero-order valence-electron chi connectivity index (χ0n) is 9.96. The molecule has 0 aromatic heterocycles. The maximum absolute atomic E-state index is 11.8. The van der Waals surface area contributed by atoms with Crippen molar-refractivity contribution in [3.8, 4) is 0 Å². The molecule has 1 aromatic rings. The first-order valence-electron chi connectivity index (χ1n) is 5.55. The van der Waals surface area contributed by atoms with Crippen LogP contribution in [0.5, 0.6) is 0 Å². The summed E-state index contributed by atoms with van der Waals surface area (Å²) in [4.78, 5) is 11.8. The van der Waals surface area contributed by atoms with Crippen molar-refractivity contribution in [3.05, 3.63) is 33.4 Å². The molecule has 1 N–H and O–H groups in total. The quantitative estimate of drug-likeness (QED) is 0.841. The van der Waals surface area contributed by atoms with E-state index in [2.05, 4.69) is 41.8 Å². The fourth-order valence-electron chi connectivity index (χ4n) is 1.67. The van der Waals surface area contributed by atoms with Gasteiger partial charge in [-0.3, -0.25) is 4.79 Å². The molecule has 2 nitrogen and oxygen atoms in total. The van der Waals surface area contributed by atoms with E-state index in [0.29, 0.717) is 5.92 Å². The van der Waals surface area contributed by atoms with Crippen molar-refractivity contribution in [2.45, 2.75) is 33.2 Å². The van der Waals surface area contributed by atoms with Crippen molar-refractivity contribution in [1.29, 1.82) is 0 Å². The van der Waals surface area contributed by atoms with Gasteiger partial charge in [-0.2, -0.15) is 0 Å². The fraction of sp³-hybridized carbons (Fsp3) is 0.462. The lowest BCUT2D eigenvalue weighted by Crippen LogP contribution is -2.33. The smallest absolute Gasteiger partial charge is 0.251 e. The molecule has 0 spiro atoms. The summed E-state index contributed by atoms with van der Waals surface area (Å²) in [6.07, 6.45) is 1.01. The minimum absolute atomic E-state index is 0.0181. The van der Waals surface area contributed by atoms with Crippen LogP contribution in [0.1, 0.15) is 37.6 Å². The van der Waals surface area contributed by atoms with Gasteiger partial charge in [-0.05, 0) is 66.1 Å². The lowest BCUT2D eigenvalue weighted by molar-refractivity contribution is 0.0936. The van der Waals surface area contributed by atoms with E-state index in [9.17, 15) is 4.79 Å². The summed E-state index contributed by atoms with van der Waals surface area (Å²) in [5, 5.41) is 3.01. The first-order chi connectivity index (χ1) is 7.49. The van der Waals surface area contributed by atoms with Gasteiger partial charge < -0.3 is 5.32 Å². The van der Waals surface area contributed by atoms with E-state index in [4.69, 9.17) is 0 Å². The van der Waals surface area contributed by atoms with Crippen LogP contribution in [-0.4, -0.2) is 11.9 Å². The molecule has 0 saturated carbocycles. The van der Waals surface area contributed by atoms with Crippen LogP contribution in [-0.2, 0) is 0 Å². The number of benzene rings is 1. The lowest BCUT2D eigenvalue weighted by atomic mass is 10.0. The van der Waals surface area contributed by atoms with Crippen LogP contribution in [0.2, 0.25) is 0 Å². The van der Waals surface area contributed by atoms with Crippen molar-refractivity contribution in [2.75, 3.05) is 0 Å². The van der Waals surface area contributed by atoms with E-state index >= 15 is 0 Å². The monoisotopic (exact) mass is 331 g/mol. The highest BCUT2D eigenvalue weighted by Crippen LogP contribution is 2.08. The van der Waals surface area contributed by atoms with Gasteiger partial charge in [0.2, 0.25) is 0 Å². The van der Waals surface area contributed by atoms with Crippen LogP contribution in [0.4, 0.5) is 0 Å². The average Bonchev–Trinajstić information content (AvgIpc) is 2.16. The molecule has 0 saturated heterocycles. The number of carbonyl (C=O) groups is 1. The van der Waals surface area contributed by atoms with Crippen LogP contribution in [0.15, 0.2) is 24.3 Å². The topological polar surface area (TPSA) is 29.1 Å². The molecule has 1 amide bonds. The van der Waals surface area contributed by atoms with E-state index in [-0.39, 0.29) is 11.9 Å². The second-order valence-electron chi connectivity index (χ2n) is 4.51.